The Hall–Kier alpha value is -0.790. The molecule has 0 fully saturated rings. The average molecular weight is 390 g/mol. The highest BCUT2D eigenvalue weighted by molar-refractivity contribution is 9.11. The lowest BCUT2D eigenvalue weighted by Gasteiger charge is -2.19. The van der Waals surface area contributed by atoms with Crippen LogP contribution in [0.4, 0.5) is 0 Å². The van der Waals surface area contributed by atoms with Gasteiger partial charge in [0.2, 0.25) is 0 Å². The van der Waals surface area contributed by atoms with Gasteiger partial charge in [0.05, 0.1) is 17.1 Å². The molecular formula is C12H14Br2N4O. The van der Waals surface area contributed by atoms with Gasteiger partial charge in [0.25, 0.3) is 0 Å². The Kier molecular flexibility index (Phi) is 4.37. The number of hydrogen-bond donors (Lipinski definition) is 1. The maximum Gasteiger partial charge on any atom is 0.178 e. The summed E-state index contributed by atoms with van der Waals surface area (Å²) < 4.78 is 3.09. The summed E-state index contributed by atoms with van der Waals surface area (Å²) in [6.45, 7) is 3.80. The largest absolute Gasteiger partial charge is 0.386 e. The average Bonchev–Trinajstić information content (AvgIpc) is 2.61. The quantitative estimate of drug-likeness (QED) is 0.876. The van der Waals surface area contributed by atoms with Gasteiger partial charge < -0.3 is 9.67 Å². The first-order valence-corrected chi connectivity index (χ1v) is 7.34. The van der Waals surface area contributed by atoms with Crippen molar-refractivity contribution in [1.82, 2.24) is 19.5 Å². The van der Waals surface area contributed by atoms with E-state index < -0.39 is 6.10 Å². The Morgan fingerprint density at radius 1 is 1.26 bits per heavy atom. The summed E-state index contributed by atoms with van der Waals surface area (Å²) in [5.41, 5.74) is 2.31. The van der Waals surface area contributed by atoms with Crippen molar-refractivity contribution in [2.24, 2.45) is 7.05 Å². The zero-order valence-corrected chi connectivity index (χ0v) is 14.0. The van der Waals surface area contributed by atoms with Crippen LogP contribution in [0.5, 0.6) is 0 Å². The summed E-state index contributed by atoms with van der Waals surface area (Å²) in [4.78, 5) is 12.7. The lowest BCUT2D eigenvalue weighted by molar-refractivity contribution is 0.141. The first-order chi connectivity index (χ1) is 8.91. The van der Waals surface area contributed by atoms with Gasteiger partial charge in [-0.3, -0.25) is 9.97 Å². The third-order valence-electron chi connectivity index (χ3n) is 3.03. The number of halogens is 2. The molecule has 19 heavy (non-hydrogen) atoms. The van der Waals surface area contributed by atoms with Crippen molar-refractivity contribution in [3.05, 3.63) is 38.8 Å². The van der Waals surface area contributed by atoms with E-state index >= 15 is 0 Å². The predicted molar refractivity (Wildman–Crippen MR) is 78.8 cm³/mol. The van der Waals surface area contributed by atoms with Crippen molar-refractivity contribution < 1.29 is 5.11 Å². The highest BCUT2D eigenvalue weighted by Crippen LogP contribution is 2.34. The number of imidazole rings is 1. The van der Waals surface area contributed by atoms with Crippen LogP contribution in [0.25, 0.3) is 0 Å². The van der Waals surface area contributed by atoms with E-state index in [1.165, 1.54) is 0 Å². The summed E-state index contributed by atoms with van der Waals surface area (Å²) in [5, 5.41) is 10.5. The lowest BCUT2D eigenvalue weighted by Crippen LogP contribution is -2.14. The molecule has 0 saturated heterocycles. The van der Waals surface area contributed by atoms with Gasteiger partial charge in [-0.1, -0.05) is 6.92 Å². The number of hydrogen-bond acceptors (Lipinski definition) is 4. The molecule has 2 aromatic heterocycles. The first kappa shape index (κ1) is 14.6. The number of aryl methyl sites for hydroxylation is 1. The molecule has 0 aromatic carbocycles. The SMILES string of the molecule is Cc1cncc([C@@H](C)[C@@H](O)c2c(Br)nc(Br)n2C)n1. The van der Waals surface area contributed by atoms with E-state index in [1.807, 2.05) is 20.9 Å². The molecule has 0 spiro atoms. The number of aliphatic hydroxyl groups excluding tert-OH is 1. The molecule has 0 aliphatic rings. The fourth-order valence-electron chi connectivity index (χ4n) is 1.87. The van der Waals surface area contributed by atoms with E-state index in [-0.39, 0.29) is 5.92 Å². The second-order valence-electron chi connectivity index (χ2n) is 4.43. The van der Waals surface area contributed by atoms with Crippen LogP contribution in [0.1, 0.15) is 36.0 Å². The standard InChI is InChI=1S/C12H14Br2N4O/c1-6-4-15-5-8(16-6)7(2)10(19)9-11(13)17-12(14)18(9)3/h4-5,7,10,19H,1-3H3/t7-,10-/m1/s1. The van der Waals surface area contributed by atoms with Crippen molar-refractivity contribution in [1.29, 1.82) is 0 Å². The monoisotopic (exact) mass is 388 g/mol. The molecule has 0 radical (unpaired) electrons. The van der Waals surface area contributed by atoms with Gasteiger partial charge in [-0.05, 0) is 38.8 Å². The summed E-state index contributed by atoms with van der Waals surface area (Å²) >= 11 is 6.70. The van der Waals surface area contributed by atoms with Gasteiger partial charge in [-0.15, -0.1) is 0 Å². The highest BCUT2D eigenvalue weighted by Gasteiger charge is 2.26. The van der Waals surface area contributed by atoms with E-state index in [4.69, 9.17) is 0 Å². The molecule has 0 saturated carbocycles. The second kappa shape index (κ2) is 5.68. The van der Waals surface area contributed by atoms with Crippen molar-refractivity contribution in [3.63, 3.8) is 0 Å². The van der Waals surface area contributed by atoms with E-state index in [2.05, 4.69) is 46.8 Å². The maximum atomic E-state index is 10.5. The van der Waals surface area contributed by atoms with Crippen LogP contribution in [0.3, 0.4) is 0 Å². The smallest absolute Gasteiger partial charge is 0.178 e. The molecule has 2 rings (SSSR count). The molecule has 2 atom stereocenters. The summed E-state index contributed by atoms with van der Waals surface area (Å²) in [5.74, 6) is -0.175. The molecule has 0 unspecified atom stereocenters. The van der Waals surface area contributed by atoms with E-state index in [9.17, 15) is 5.11 Å². The van der Waals surface area contributed by atoms with Gasteiger partial charge >= 0.3 is 0 Å². The topological polar surface area (TPSA) is 63.8 Å². The molecule has 102 valence electrons. The minimum atomic E-state index is -0.714. The van der Waals surface area contributed by atoms with Crippen LogP contribution in [-0.4, -0.2) is 24.6 Å². The zero-order valence-electron chi connectivity index (χ0n) is 10.8. The van der Waals surface area contributed by atoms with Crippen LogP contribution in [0.2, 0.25) is 0 Å². The Morgan fingerprint density at radius 2 is 1.95 bits per heavy atom. The molecule has 0 bridgehead atoms. The second-order valence-corrected chi connectivity index (χ2v) is 5.90. The van der Waals surface area contributed by atoms with Gasteiger partial charge in [0, 0.05) is 25.4 Å². The van der Waals surface area contributed by atoms with Crippen molar-refractivity contribution in [2.75, 3.05) is 0 Å². The molecule has 0 aliphatic carbocycles. The normalized spacial score (nSPS) is 14.4. The van der Waals surface area contributed by atoms with Gasteiger partial charge in [-0.25, -0.2) is 4.98 Å². The Balaban J connectivity index is 2.36. The van der Waals surface area contributed by atoms with Gasteiger partial charge in [0.15, 0.2) is 4.73 Å². The number of aromatic nitrogens is 4. The Morgan fingerprint density at radius 3 is 2.47 bits per heavy atom. The van der Waals surface area contributed by atoms with Crippen molar-refractivity contribution in [2.45, 2.75) is 25.9 Å². The molecule has 2 heterocycles. The fourth-order valence-corrected chi connectivity index (χ4v) is 3.15. The van der Waals surface area contributed by atoms with Crippen molar-refractivity contribution >= 4 is 31.9 Å². The Labute approximate surface area is 128 Å². The zero-order chi connectivity index (χ0) is 14.2. The number of aliphatic hydroxyl groups is 1. The maximum absolute atomic E-state index is 10.5. The molecule has 2 aromatic rings. The highest BCUT2D eigenvalue weighted by atomic mass is 79.9. The van der Waals surface area contributed by atoms with Crippen LogP contribution in [0.15, 0.2) is 21.7 Å². The summed E-state index contributed by atoms with van der Waals surface area (Å²) in [6, 6.07) is 0. The molecule has 1 N–H and O–H groups in total. The van der Waals surface area contributed by atoms with Gasteiger partial charge in [0.1, 0.15) is 10.7 Å². The van der Waals surface area contributed by atoms with Crippen molar-refractivity contribution in [3.8, 4) is 0 Å². The minimum Gasteiger partial charge on any atom is -0.386 e. The van der Waals surface area contributed by atoms with E-state index in [1.54, 1.807) is 17.0 Å². The first-order valence-electron chi connectivity index (χ1n) is 5.76. The fraction of sp³-hybridized carbons (Fsp3) is 0.417. The number of nitrogens with zero attached hydrogens (tertiary/aromatic N) is 4. The van der Waals surface area contributed by atoms with Crippen LogP contribution in [-0.2, 0) is 7.05 Å². The summed E-state index contributed by atoms with van der Waals surface area (Å²) in [7, 11) is 1.84. The third-order valence-corrected chi connectivity index (χ3v) is 4.33. The predicted octanol–water partition coefficient (Wildman–Crippen LogP) is 2.88. The molecule has 5 nitrogen and oxygen atoms in total. The molecule has 0 amide bonds. The molecule has 7 heteroatoms. The number of rotatable bonds is 3. The summed E-state index contributed by atoms with van der Waals surface area (Å²) in [6.07, 6.45) is 2.66. The molecule has 0 aliphatic heterocycles. The third kappa shape index (κ3) is 2.88. The van der Waals surface area contributed by atoms with Crippen LogP contribution in [0, 0.1) is 6.92 Å². The Bertz CT molecular complexity index is 599. The van der Waals surface area contributed by atoms with Crippen LogP contribution >= 0.6 is 31.9 Å². The van der Waals surface area contributed by atoms with Gasteiger partial charge in [-0.2, -0.15) is 0 Å². The van der Waals surface area contributed by atoms with E-state index in [0.29, 0.717) is 15.0 Å². The molecular weight excluding hydrogens is 376 g/mol. The minimum absolute atomic E-state index is 0.175. The van der Waals surface area contributed by atoms with E-state index in [0.717, 1.165) is 11.4 Å². The lowest BCUT2D eigenvalue weighted by atomic mass is 9.99. The van der Waals surface area contributed by atoms with Crippen LogP contribution < -0.4 is 0 Å².